The van der Waals surface area contributed by atoms with Crippen molar-refractivity contribution in [3.63, 3.8) is 0 Å². The highest BCUT2D eigenvalue weighted by atomic mass is 16.5. The second-order valence-corrected chi connectivity index (χ2v) is 5.39. The van der Waals surface area contributed by atoms with E-state index in [1.54, 1.807) is 28.9 Å². The molecule has 0 amide bonds. The lowest BCUT2D eigenvalue weighted by molar-refractivity contribution is 0.0697. The summed E-state index contributed by atoms with van der Waals surface area (Å²) in [6.07, 6.45) is 1.83. The lowest BCUT2D eigenvalue weighted by Gasteiger charge is -2.02. The van der Waals surface area contributed by atoms with Crippen LogP contribution in [0.2, 0.25) is 0 Å². The molecule has 3 aromatic rings. The van der Waals surface area contributed by atoms with Crippen molar-refractivity contribution in [2.24, 2.45) is 0 Å². The Kier molecular flexibility index (Phi) is 4.98. The number of nitrogens with zero attached hydrogens (tertiary/aromatic N) is 3. The first kappa shape index (κ1) is 15.9. The number of rotatable bonds is 7. The largest absolute Gasteiger partial charge is 0.478 e. The first-order valence-corrected chi connectivity index (χ1v) is 7.53. The molecule has 0 saturated carbocycles. The molecule has 0 spiro atoms. The highest BCUT2D eigenvalue weighted by molar-refractivity contribution is 5.87. The molecule has 6 heteroatoms. The van der Waals surface area contributed by atoms with Gasteiger partial charge in [0.15, 0.2) is 0 Å². The van der Waals surface area contributed by atoms with Crippen LogP contribution in [0.5, 0.6) is 0 Å². The Morgan fingerprint density at radius 2 is 1.75 bits per heavy atom. The Morgan fingerprint density at radius 3 is 2.46 bits per heavy atom. The van der Waals surface area contributed by atoms with Gasteiger partial charge in [0.1, 0.15) is 5.69 Å². The SMILES string of the molecule is O=C(O)c1ccc(Cn2cc(COCc3ccccc3)nn2)cc1. The van der Waals surface area contributed by atoms with Crippen LogP contribution in [-0.2, 0) is 24.5 Å². The molecule has 0 atom stereocenters. The van der Waals surface area contributed by atoms with Gasteiger partial charge in [0, 0.05) is 0 Å². The minimum absolute atomic E-state index is 0.271. The zero-order valence-corrected chi connectivity index (χ0v) is 13.0. The highest BCUT2D eigenvalue weighted by Gasteiger charge is 2.05. The first-order valence-electron chi connectivity index (χ1n) is 7.53. The summed E-state index contributed by atoms with van der Waals surface area (Å²) in [5.41, 5.74) is 3.10. The summed E-state index contributed by atoms with van der Waals surface area (Å²) < 4.78 is 7.34. The summed E-state index contributed by atoms with van der Waals surface area (Å²) in [4.78, 5) is 10.8. The van der Waals surface area contributed by atoms with Gasteiger partial charge in [-0.2, -0.15) is 0 Å². The fourth-order valence-corrected chi connectivity index (χ4v) is 2.27. The summed E-state index contributed by atoms with van der Waals surface area (Å²) in [6.45, 7) is 1.46. The molecule has 2 aromatic carbocycles. The van der Waals surface area contributed by atoms with Crippen LogP contribution in [0.25, 0.3) is 0 Å². The molecule has 1 aromatic heterocycles. The molecule has 0 radical (unpaired) electrons. The van der Waals surface area contributed by atoms with Crippen molar-refractivity contribution in [2.45, 2.75) is 19.8 Å². The number of hydrogen-bond acceptors (Lipinski definition) is 4. The summed E-state index contributed by atoms with van der Waals surface area (Å²) in [7, 11) is 0. The predicted molar refractivity (Wildman–Crippen MR) is 87.5 cm³/mol. The van der Waals surface area contributed by atoms with Crippen LogP contribution in [0.1, 0.15) is 27.2 Å². The Bertz CT molecular complexity index is 798. The van der Waals surface area contributed by atoms with Gasteiger partial charge < -0.3 is 9.84 Å². The van der Waals surface area contributed by atoms with E-state index in [0.29, 0.717) is 19.8 Å². The maximum atomic E-state index is 10.8. The molecule has 122 valence electrons. The summed E-state index contributed by atoms with van der Waals surface area (Å²) in [5.74, 6) is -0.930. The molecule has 0 unspecified atom stereocenters. The van der Waals surface area contributed by atoms with E-state index in [1.165, 1.54) is 0 Å². The van der Waals surface area contributed by atoms with Crippen molar-refractivity contribution >= 4 is 5.97 Å². The van der Waals surface area contributed by atoms with Gasteiger partial charge >= 0.3 is 5.97 Å². The number of carboxylic acids is 1. The van der Waals surface area contributed by atoms with E-state index in [1.807, 2.05) is 36.5 Å². The quantitative estimate of drug-likeness (QED) is 0.723. The van der Waals surface area contributed by atoms with Gasteiger partial charge in [-0.3, -0.25) is 0 Å². The molecule has 24 heavy (non-hydrogen) atoms. The topological polar surface area (TPSA) is 77.2 Å². The normalized spacial score (nSPS) is 10.7. The van der Waals surface area contributed by atoms with Gasteiger partial charge in [0.2, 0.25) is 0 Å². The van der Waals surface area contributed by atoms with E-state index in [2.05, 4.69) is 10.3 Å². The number of carboxylic acid groups (broad SMARTS) is 1. The molecule has 0 aliphatic heterocycles. The molecule has 0 aliphatic rings. The Balaban J connectivity index is 1.52. The smallest absolute Gasteiger partial charge is 0.335 e. The molecule has 6 nitrogen and oxygen atoms in total. The zero-order chi connectivity index (χ0) is 16.8. The molecule has 3 rings (SSSR count). The number of aromatic nitrogens is 3. The molecular weight excluding hydrogens is 306 g/mol. The molecule has 0 aliphatic carbocycles. The summed E-state index contributed by atoms with van der Waals surface area (Å²) >= 11 is 0. The standard InChI is InChI=1S/C18H17N3O3/c22-18(23)16-8-6-14(7-9-16)10-21-11-17(19-20-21)13-24-12-15-4-2-1-3-5-15/h1-9,11H,10,12-13H2,(H,22,23). The number of aromatic carboxylic acids is 1. The van der Waals surface area contributed by atoms with Crippen LogP contribution < -0.4 is 0 Å². The van der Waals surface area contributed by atoms with Crippen LogP contribution >= 0.6 is 0 Å². The third kappa shape index (κ3) is 4.27. The Morgan fingerprint density at radius 1 is 1.00 bits per heavy atom. The van der Waals surface area contributed by atoms with Gasteiger partial charge in [-0.05, 0) is 23.3 Å². The molecule has 1 heterocycles. The van der Waals surface area contributed by atoms with Crippen LogP contribution in [0.3, 0.4) is 0 Å². The molecular formula is C18H17N3O3. The fraction of sp³-hybridized carbons (Fsp3) is 0.167. The van der Waals surface area contributed by atoms with E-state index < -0.39 is 5.97 Å². The molecule has 0 fully saturated rings. The van der Waals surface area contributed by atoms with E-state index >= 15 is 0 Å². The van der Waals surface area contributed by atoms with E-state index in [-0.39, 0.29) is 5.56 Å². The third-order valence-electron chi connectivity index (χ3n) is 3.49. The Hall–Kier alpha value is -2.99. The number of carbonyl (C=O) groups is 1. The van der Waals surface area contributed by atoms with Crippen LogP contribution in [0.4, 0.5) is 0 Å². The van der Waals surface area contributed by atoms with Crippen molar-refractivity contribution in [1.82, 2.24) is 15.0 Å². The molecule has 0 bridgehead atoms. The lowest BCUT2D eigenvalue weighted by Crippen LogP contribution is -2.02. The maximum Gasteiger partial charge on any atom is 0.335 e. The van der Waals surface area contributed by atoms with Crippen molar-refractivity contribution in [2.75, 3.05) is 0 Å². The monoisotopic (exact) mass is 323 g/mol. The van der Waals surface area contributed by atoms with Crippen LogP contribution in [0, 0.1) is 0 Å². The van der Waals surface area contributed by atoms with Crippen LogP contribution in [-0.4, -0.2) is 26.1 Å². The summed E-state index contributed by atoms with van der Waals surface area (Å²) in [6, 6.07) is 16.7. The van der Waals surface area contributed by atoms with Crippen LogP contribution in [0.15, 0.2) is 60.8 Å². The number of hydrogen-bond donors (Lipinski definition) is 1. The van der Waals surface area contributed by atoms with Gasteiger partial charge in [-0.15, -0.1) is 5.10 Å². The maximum absolute atomic E-state index is 10.8. The average Bonchev–Trinajstić information content (AvgIpc) is 3.04. The van der Waals surface area contributed by atoms with Gasteiger partial charge in [-0.25, -0.2) is 9.48 Å². The van der Waals surface area contributed by atoms with Gasteiger partial charge in [0.05, 0.1) is 31.5 Å². The van der Waals surface area contributed by atoms with Crippen molar-refractivity contribution in [1.29, 1.82) is 0 Å². The van der Waals surface area contributed by atoms with Crippen molar-refractivity contribution in [3.8, 4) is 0 Å². The second kappa shape index (κ2) is 7.52. The summed E-state index contributed by atoms with van der Waals surface area (Å²) in [5, 5.41) is 17.0. The minimum atomic E-state index is -0.930. The first-order chi connectivity index (χ1) is 11.7. The zero-order valence-electron chi connectivity index (χ0n) is 13.0. The van der Waals surface area contributed by atoms with Crippen molar-refractivity contribution < 1.29 is 14.6 Å². The lowest BCUT2D eigenvalue weighted by atomic mass is 10.1. The predicted octanol–water partition coefficient (Wildman–Crippen LogP) is 2.74. The van der Waals surface area contributed by atoms with Gasteiger partial charge in [0.25, 0.3) is 0 Å². The van der Waals surface area contributed by atoms with Gasteiger partial charge in [-0.1, -0.05) is 47.7 Å². The van der Waals surface area contributed by atoms with Crippen molar-refractivity contribution in [3.05, 3.63) is 83.2 Å². The van der Waals surface area contributed by atoms with E-state index in [4.69, 9.17) is 9.84 Å². The van der Waals surface area contributed by atoms with E-state index in [9.17, 15) is 4.79 Å². The third-order valence-corrected chi connectivity index (χ3v) is 3.49. The second-order valence-electron chi connectivity index (χ2n) is 5.39. The Labute approximate surface area is 139 Å². The number of ether oxygens (including phenoxy) is 1. The molecule has 0 saturated heterocycles. The molecule has 1 N–H and O–H groups in total. The van der Waals surface area contributed by atoms with E-state index in [0.717, 1.165) is 16.8 Å². The average molecular weight is 323 g/mol. The highest BCUT2D eigenvalue weighted by Crippen LogP contribution is 2.08. The minimum Gasteiger partial charge on any atom is -0.478 e. The number of benzene rings is 2. The fourth-order valence-electron chi connectivity index (χ4n) is 2.27.